The predicted octanol–water partition coefficient (Wildman–Crippen LogP) is 4.21. The topological polar surface area (TPSA) is 81.2 Å². The Morgan fingerprint density at radius 3 is 2.15 bits per heavy atom. The van der Waals surface area contributed by atoms with Gasteiger partial charge in [-0.1, -0.05) is 72.8 Å². The number of amides is 3. The van der Waals surface area contributed by atoms with E-state index in [2.05, 4.69) is 6.08 Å². The summed E-state index contributed by atoms with van der Waals surface area (Å²) in [5, 5.41) is 10.7. The number of thioether (sulfide) groups is 1. The molecule has 6 rings (SSSR count). The summed E-state index contributed by atoms with van der Waals surface area (Å²) in [4.78, 5) is 49.2. The van der Waals surface area contributed by atoms with Gasteiger partial charge < -0.3 is 19.8 Å². The Bertz CT molecular complexity index is 1420. The monoisotopic (exact) mass is 571 g/mol. The molecule has 4 aliphatic heterocycles. The van der Waals surface area contributed by atoms with E-state index in [1.165, 1.54) is 0 Å². The van der Waals surface area contributed by atoms with Crippen LogP contribution in [0.15, 0.2) is 85.0 Å². The highest BCUT2D eigenvalue weighted by molar-refractivity contribution is 8.02. The molecule has 1 N–H and O–H groups in total. The van der Waals surface area contributed by atoms with Gasteiger partial charge in [0.05, 0.1) is 29.2 Å². The lowest BCUT2D eigenvalue weighted by molar-refractivity contribution is -0.148. The summed E-state index contributed by atoms with van der Waals surface area (Å²) >= 11 is 1.56. The number of anilines is 1. The maximum absolute atomic E-state index is 14.8. The van der Waals surface area contributed by atoms with Crippen LogP contribution >= 0.6 is 11.8 Å². The van der Waals surface area contributed by atoms with Crippen LogP contribution in [-0.4, -0.2) is 73.4 Å². The first kappa shape index (κ1) is 27.8. The Morgan fingerprint density at radius 2 is 1.51 bits per heavy atom. The number of carbonyl (C=O) groups excluding carboxylic acids is 3. The summed E-state index contributed by atoms with van der Waals surface area (Å²) in [5.41, 5.74) is 1.05. The Morgan fingerprint density at radius 1 is 0.878 bits per heavy atom. The van der Waals surface area contributed by atoms with Crippen molar-refractivity contribution in [3.8, 4) is 0 Å². The SMILES string of the molecule is CC(C)(C)N1CC=C[C@]23S[C@@]4(C)C=CCN(c5ccccc5)C(=O)[C@H]4[C@H]2C(=O)N([C@H](CO)c2ccccc2)C3C1=O. The van der Waals surface area contributed by atoms with Gasteiger partial charge in [0.25, 0.3) is 0 Å². The standard InChI is InChI=1S/C33H37N3O4S/c1-31(2,3)35-20-12-18-33-26(29(39)36(27(33)30(35)40)24(21-37)22-13-7-5-8-14-22)25-28(38)34(23-15-9-6-10-16-23)19-11-17-32(25,4)41-33/h5-18,24-27,37H,19-21H2,1-4H3/t24-,25-,26+,27?,32+,33+/m1/s1. The van der Waals surface area contributed by atoms with E-state index in [0.717, 1.165) is 11.3 Å². The fourth-order valence-electron chi connectivity index (χ4n) is 7.27. The molecule has 0 aliphatic carbocycles. The molecule has 1 unspecified atom stereocenters. The number of nitrogens with zero attached hydrogens (tertiary/aromatic N) is 3. The van der Waals surface area contributed by atoms with Crippen LogP contribution in [0.2, 0.25) is 0 Å². The Hall–Kier alpha value is -3.36. The minimum Gasteiger partial charge on any atom is -0.394 e. The summed E-state index contributed by atoms with van der Waals surface area (Å²) in [6.07, 6.45) is 8.10. The van der Waals surface area contributed by atoms with Crippen LogP contribution in [0.3, 0.4) is 0 Å². The van der Waals surface area contributed by atoms with Crippen molar-refractivity contribution in [3.05, 3.63) is 90.5 Å². The maximum Gasteiger partial charge on any atom is 0.247 e. The van der Waals surface area contributed by atoms with E-state index in [9.17, 15) is 19.5 Å². The van der Waals surface area contributed by atoms with Crippen molar-refractivity contribution in [2.75, 3.05) is 24.6 Å². The normalized spacial score (nSPS) is 32.0. The average Bonchev–Trinajstić information content (AvgIpc) is 3.20. The molecular formula is C33H37N3O4S. The van der Waals surface area contributed by atoms with Gasteiger partial charge >= 0.3 is 0 Å². The van der Waals surface area contributed by atoms with Gasteiger partial charge in [0.1, 0.15) is 6.04 Å². The molecule has 2 aromatic carbocycles. The zero-order chi connectivity index (χ0) is 29.2. The number of carbonyl (C=O) groups is 3. The zero-order valence-electron chi connectivity index (χ0n) is 23.9. The highest BCUT2D eigenvalue weighted by Crippen LogP contribution is 2.66. The highest BCUT2D eigenvalue weighted by Gasteiger charge is 2.74. The Labute approximate surface area is 245 Å². The van der Waals surface area contributed by atoms with Crippen LogP contribution in [0.4, 0.5) is 5.69 Å². The van der Waals surface area contributed by atoms with E-state index in [-0.39, 0.29) is 24.3 Å². The number of fused-ring (bicyclic) bond motifs is 2. The second-order valence-corrected chi connectivity index (χ2v) is 14.4. The lowest BCUT2D eigenvalue weighted by Crippen LogP contribution is -2.58. The number of para-hydroxylation sites is 1. The molecule has 4 aliphatic rings. The minimum absolute atomic E-state index is 0.120. The Kier molecular flexibility index (Phi) is 6.70. The molecule has 1 spiro atoms. The van der Waals surface area contributed by atoms with E-state index in [0.29, 0.717) is 13.1 Å². The largest absolute Gasteiger partial charge is 0.394 e. The fourth-order valence-corrected chi connectivity index (χ4v) is 9.41. The molecule has 3 amide bonds. The van der Waals surface area contributed by atoms with Crippen LogP contribution in [0.5, 0.6) is 0 Å². The van der Waals surface area contributed by atoms with Gasteiger partial charge in [-0.3, -0.25) is 14.4 Å². The van der Waals surface area contributed by atoms with Gasteiger partial charge in [-0.15, -0.1) is 11.8 Å². The molecular weight excluding hydrogens is 534 g/mol. The van der Waals surface area contributed by atoms with Gasteiger partial charge in [0.2, 0.25) is 17.7 Å². The molecule has 0 aromatic heterocycles. The van der Waals surface area contributed by atoms with E-state index in [1.807, 2.05) is 111 Å². The number of hydrogen-bond donors (Lipinski definition) is 1. The molecule has 8 heteroatoms. The Balaban J connectivity index is 1.54. The molecule has 0 saturated carbocycles. The third kappa shape index (κ3) is 4.17. The van der Waals surface area contributed by atoms with Crippen LogP contribution < -0.4 is 4.90 Å². The van der Waals surface area contributed by atoms with Crippen molar-refractivity contribution in [1.82, 2.24) is 9.80 Å². The van der Waals surface area contributed by atoms with E-state index >= 15 is 0 Å². The molecule has 2 aromatic rings. The number of rotatable bonds is 4. The van der Waals surface area contributed by atoms with Gasteiger partial charge in [0, 0.05) is 29.1 Å². The molecule has 6 atom stereocenters. The fraction of sp³-hybridized carbons (Fsp3) is 0.424. The summed E-state index contributed by atoms with van der Waals surface area (Å²) in [6, 6.07) is 17.3. The lowest BCUT2D eigenvalue weighted by Gasteiger charge is -2.42. The molecule has 2 fully saturated rings. The number of aliphatic hydroxyl groups is 1. The molecule has 41 heavy (non-hydrogen) atoms. The van der Waals surface area contributed by atoms with Crippen LogP contribution in [0.1, 0.15) is 39.3 Å². The first-order chi connectivity index (χ1) is 19.5. The van der Waals surface area contributed by atoms with Gasteiger partial charge in [0.15, 0.2) is 0 Å². The third-order valence-electron chi connectivity index (χ3n) is 9.07. The zero-order valence-corrected chi connectivity index (χ0v) is 24.8. The molecule has 2 saturated heterocycles. The first-order valence-electron chi connectivity index (χ1n) is 14.2. The highest BCUT2D eigenvalue weighted by atomic mass is 32.2. The van der Waals surface area contributed by atoms with Gasteiger partial charge in [-0.2, -0.15) is 0 Å². The van der Waals surface area contributed by atoms with Crippen molar-refractivity contribution in [1.29, 1.82) is 0 Å². The van der Waals surface area contributed by atoms with Crippen molar-refractivity contribution in [3.63, 3.8) is 0 Å². The van der Waals surface area contributed by atoms with E-state index in [4.69, 9.17) is 0 Å². The molecule has 0 bridgehead atoms. The minimum atomic E-state index is -0.977. The van der Waals surface area contributed by atoms with Crippen LogP contribution in [0.25, 0.3) is 0 Å². The second-order valence-electron chi connectivity index (χ2n) is 12.6. The van der Waals surface area contributed by atoms with Gasteiger partial charge in [-0.25, -0.2) is 0 Å². The van der Waals surface area contributed by atoms with E-state index in [1.54, 1.807) is 21.6 Å². The molecule has 214 valence electrons. The smallest absolute Gasteiger partial charge is 0.247 e. The van der Waals surface area contributed by atoms with Crippen LogP contribution in [0, 0.1) is 11.8 Å². The van der Waals surface area contributed by atoms with E-state index < -0.39 is 39.0 Å². The molecule has 0 radical (unpaired) electrons. The number of benzene rings is 2. The molecule has 7 nitrogen and oxygen atoms in total. The number of likely N-dealkylation sites (tertiary alicyclic amines) is 1. The second kappa shape index (κ2) is 9.88. The predicted molar refractivity (Wildman–Crippen MR) is 161 cm³/mol. The third-order valence-corrected chi connectivity index (χ3v) is 10.9. The lowest BCUT2D eigenvalue weighted by atomic mass is 9.74. The van der Waals surface area contributed by atoms with Crippen molar-refractivity contribution in [2.45, 2.75) is 54.8 Å². The summed E-state index contributed by atoms with van der Waals surface area (Å²) in [6.45, 7) is 8.49. The molecule has 4 heterocycles. The van der Waals surface area contributed by atoms with Crippen LogP contribution in [-0.2, 0) is 14.4 Å². The van der Waals surface area contributed by atoms with Crippen molar-refractivity contribution in [2.24, 2.45) is 11.8 Å². The summed E-state index contributed by atoms with van der Waals surface area (Å²) < 4.78 is -1.68. The van der Waals surface area contributed by atoms with Crippen molar-refractivity contribution < 1.29 is 19.5 Å². The number of hydrogen-bond acceptors (Lipinski definition) is 5. The maximum atomic E-state index is 14.8. The quantitative estimate of drug-likeness (QED) is 0.557. The number of aliphatic hydroxyl groups excluding tert-OH is 1. The van der Waals surface area contributed by atoms with Crippen molar-refractivity contribution >= 4 is 35.2 Å². The van der Waals surface area contributed by atoms with Gasteiger partial charge in [-0.05, 0) is 45.4 Å². The summed E-state index contributed by atoms with van der Waals surface area (Å²) in [5.74, 6) is -2.01. The average molecular weight is 572 g/mol. The first-order valence-corrected chi connectivity index (χ1v) is 15.1. The summed E-state index contributed by atoms with van der Waals surface area (Å²) in [7, 11) is 0.